The van der Waals surface area contributed by atoms with Gasteiger partial charge in [-0.15, -0.1) is 0 Å². The zero-order valence-electron chi connectivity index (χ0n) is 24.2. The van der Waals surface area contributed by atoms with Crippen molar-refractivity contribution in [3.8, 4) is 56.2 Å². The van der Waals surface area contributed by atoms with Crippen LogP contribution in [0.25, 0.3) is 78.1 Å². The topological polar surface area (TPSA) is 56.0 Å². The van der Waals surface area contributed by atoms with Crippen LogP contribution in [0.2, 0.25) is 0 Å². The molecule has 2 aromatic heterocycles. The van der Waals surface area contributed by atoms with Crippen molar-refractivity contribution in [1.82, 2.24) is 9.97 Å². The van der Waals surface area contributed by atoms with E-state index in [1.165, 1.54) is 0 Å². The molecule has 0 saturated carbocycles. The molecule has 0 aliphatic carbocycles. The average Bonchev–Trinajstić information content (AvgIpc) is 3.12. The second-order valence-electron chi connectivity index (χ2n) is 11.0. The molecule has 45 heavy (non-hydrogen) atoms. The summed E-state index contributed by atoms with van der Waals surface area (Å²) < 4.78 is 6.19. The number of benzene rings is 6. The van der Waals surface area contributed by atoms with Crippen molar-refractivity contribution in [2.75, 3.05) is 0 Å². The maximum atomic E-state index is 13.8. The minimum Gasteiger partial charge on any atom is -0.456 e. The average molecular weight is 579 g/mol. The van der Waals surface area contributed by atoms with Crippen molar-refractivity contribution in [2.24, 2.45) is 0 Å². The Morgan fingerprint density at radius 3 is 1.38 bits per heavy atom. The molecule has 8 rings (SSSR count). The van der Waals surface area contributed by atoms with E-state index < -0.39 is 0 Å². The first-order valence-electron chi connectivity index (χ1n) is 14.9. The van der Waals surface area contributed by atoms with Gasteiger partial charge in [-0.2, -0.15) is 0 Å². The molecule has 4 nitrogen and oxygen atoms in total. The number of hydrogen-bond acceptors (Lipinski definition) is 4. The summed E-state index contributed by atoms with van der Waals surface area (Å²) in [6.07, 6.45) is 0. The van der Waals surface area contributed by atoms with Crippen molar-refractivity contribution >= 4 is 21.9 Å². The first-order valence-corrected chi connectivity index (χ1v) is 14.9. The smallest absolute Gasteiger partial charge is 0.200 e. The largest absolute Gasteiger partial charge is 0.456 e. The molecule has 4 heteroatoms. The highest BCUT2D eigenvalue weighted by Gasteiger charge is 2.14. The van der Waals surface area contributed by atoms with E-state index in [1.807, 2.05) is 127 Å². The molecule has 0 amide bonds. The second-order valence-corrected chi connectivity index (χ2v) is 11.0. The summed E-state index contributed by atoms with van der Waals surface area (Å²) >= 11 is 0. The molecule has 0 radical (unpaired) electrons. The first-order chi connectivity index (χ1) is 22.2. The minimum absolute atomic E-state index is 0.0477. The molecule has 0 unspecified atom stereocenters. The third-order valence-electron chi connectivity index (χ3n) is 8.09. The zero-order valence-corrected chi connectivity index (χ0v) is 24.2. The third kappa shape index (κ3) is 5.09. The van der Waals surface area contributed by atoms with E-state index in [-0.39, 0.29) is 5.43 Å². The summed E-state index contributed by atoms with van der Waals surface area (Å²) in [6.45, 7) is 0. The van der Waals surface area contributed by atoms with Crippen LogP contribution in [0.3, 0.4) is 0 Å². The Kier molecular flexibility index (Phi) is 6.58. The molecular weight excluding hydrogens is 552 g/mol. The first kappa shape index (κ1) is 26.5. The highest BCUT2D eigenvalue weighted by atomic mass is 16.3. The van der Waals surface area contributed by atoms with Gasteiger partial charge in [0.15, 0.2) is 5.82 Å². The van der Waals surface area contributed by atoms with Crippen LogP contribution in [-0.4, -0.2) is 9.97 Å². The number of aromatic nitrogens is 2. The Labute approximate surface area is 259 Å². The molecule has 0 aliphatic rings. The Bertz CT molecular complexity index is 2320. The van der Waals surface area contributed by atoms with Crippen molar-refractivity contribution in [3.63, 3.8) is 0 Å². The van der Waals surface area contributed by atoms with Crippen molar-refractivity contribution in [3.05, 3.63) is 168 Å². The van der Waals surface area contributed by atoms with Crippen LogP contribution in [-0.2, 0) is 0 Å². The SMILES string of the molecule is O=c1c2cc(-c3ccccc3)ccc2oc2ccc(-c3cccc(-c4nc(-c5ccccc5)cc(-c5ccccc5)n4)c3)cc12. The standard InChI is InChI=1S/C41H26N2O2/c44-40-34-24-31(27-11-4-1-5-12-27)19-21-38(34)45-39-22-20-32(25-35(39)40)30-17-10-18-33(23-30)41-42-36(28-13-6-2-7-14-28)26-37(43-41)29-15-8-3-9-16-29/h1-26H. The molecule has 0 saturated heterocycles. The van der Waals surface area contributed by atoms with Crippen LogP contribution in [0, 0.1) is 0 Å². The quantitative estimate of drug-likeness (QED) is 0.191. The van der Waals surface area contributed by atoms with E-state index >= 15 is 0 Å². The van der Waals surface area contributed by atoms with Crippen LogP contribution in [0.4, 0.5) is 0 Å². The van der Waals surface area contributed by atoms with Gasteiger partial charge in [0.2, 0.25) is 5.43 Å². The fourth-order valence-corrected chi connectivity index (χ4v) is 5.77. The van der Waals surface area contributed by atoms with E-state index in [0.717, 1.165) is 50.3 Å². The molecule has 0 spiro atoms. The molecule has 0 fully saturated rings. The van der Waals surface area contributed by atoms with E-state index in [9.17, 15) is 4.79 Å². The van der Waals surface area contributed by atoms with Crippen LogP contribution >= 0.6 is 0 Å². The van der Waals surface area contributed by atoms with Gasteiger partial charge in [-0.1, -0.05) is 121 Å². The van der Waals surface area contributed by atoms with Crippen LogP contribution in [0.15, 0.2) is 167 Å². The molecule has 0 aliphatic heterocycles. The lowest BCUT2D eigenvalue weighted by atomic mass is 9.99. The van der Waals surface area contributed by atoms with Gasteiger partial charge in [0.25, 0.3) is 0 Å². The minimum atomic E-state index is -0.0477. The number of nitrogens with zero attached hydrogens (tertiary/aromatic N) is 2. The molecule has 0 atom stereocenters. The van der Waals surface area contributed by atoms with Crippen molar-refractivity contribution in [1.29, 1.82) is 0 Å². The molecule has 2 heterocycles. The fraction of sp³-hybridized carbons (Fsp3) is 0. The summed E-state index contributed by atoms with van der Waals surface area (Å²) in [5.41, 5.74) is 9.65. The zero-order chi connectivity index (χ0) is 30.2. The maximum absolute atomic E-state index is 13.8. The molecule has 0 N–H and O–H groups in total. The fourth-order valence-electron chi connectivity index (χ4n) is 5.77. The van der Waals surface area contributed by atoms with Gasteiger partial charge in [0.1, 0.15) is 11.2 Å². The lowest BCUT2D eigenvalue weighted by Crippen LogP contribution is -2.02. The van der Waals surface area contributed by atoms with Gasteiger partial charge in [-0.25, -0.2) is 9.97 Å². The van der Waals surface area contributed by atoms with Gasteiger partial charge < -0.3 is 4.42 Å². The second kappa shape index (κ2) is 11.2. The molecule has 0 bridgehead atoms. The number of rotatable bonds is 5. The third-order valence-corrected chi connectivity index (χ3v) is 8.09. The van der Waals surface area contributed by atoms with Gasteiger partial charge in [0, 0.05) is 16.7 Å². The monoisotopic (exact) mass is 578 g/mol. The van der Waals surface area contributed by atoms with E-state index in [4.69, 9.17) is 14.4 Å². The van der Waals surface area contributed by atoms with Crippen molar-refractivity contribution in [2.45, 2.75) is 0 Å². The predicted octanol–water partition coefficient (Wildman–Crippen LogP) is 10.1. The van der Waals surface area contributed by atoms with Crippen molar-refractivity contribution < 1.29 is 4.42 Å². The molecular formula is C41H26N2O2. The molecule has 212 valence electrons. The van der Waals surface area contributed by atoms with Crippen LogP contribution in [0.1, 0.15) is 0 Å². The normalized spacial score (nSPS) is 11.2. The van der Waals surface area contributed by atoms with Gasteiger partial charge in [-0.05, 0) is 58.7 Å². The van der Waals surface area contributed by atoms with Gasteiger partial charge in [-0.3, -0.25) is 4.79 Å². The number of fused-ring (bicyclic) bond motifs is 2. The Morgan fingerprint density at radius 2 is 0.822 bits per heavy atom. The Hall–Kier alpha value is -6.13. The number of hydrogen-bond donors (Lipinski definition) is 0. The lowest BCUT2D eigenvalue weighted by Gasteiger charge is -2.11. The summed E-state index contributed by atoms with van der Waals surface area (Å²) in [5, 5.41) is 1.11. The van der Waals surface area contributed by atoms with Crippen LogP contribution in [0.5, 0.6) is 0 Å². The van der Waals surface area contributed by atoms with E-state index in [0.29, 0.717) is 27.8 Å². The summed E-state index contributed by atoms with van der Waals surface area (Å²) in [4.78, 5) is 23.8. The van der Waals surface area contributed by atoms with Gasteiger partial charge in [0.05, 0.1) is 22.2 Å². The van der Waals surface area contributed by atoms with E-state index in [1.54, 1.807) is 0 Å². The Balaban J connectivity index is 1.23. The maximum Gasteiger partial charge on any atom is 0.200 e. The molecule has 6 aromatic carbocycles. The Morgan fingerprint density at radius 1 is 0.378 bits per heavy atom. The highest BCUT2D eigenvalue weighted by molar-refractivity contribution is 5.94. The van der Waals surface area contributed by atoms with Gasteiger partial charge >= 0.3 is 0 Å². The molecule has 8 aromatic rings. The lowest BCUT2D eigenvalue weighted by molar-refractivity contribution is 0.660. The summed E-state index contributed by atoms with van der Waals surface area (Å²) in [7, 11) is 0. The summed E-state index contributed by atoms with van der Waals surface area (Å²) in [5.74, 6) is 0.636. The van der Waals surface area contributed by atoms with Crippen LogP contribution < -0.4 is 5.43 Å². The predicted molar refractivity (Wildman–Crippen MR) is 183 cm³/mol. The highest BCUT2D eigenvalue weighted by Crippen LogP contribution is 2.32. The van der Waals surface area contributed by atoms with E-state index in [2.05, 4.69) is 30.3 Å². The summed E-state index contributed by atoms with van der Waals surface area (Å²) in [6, 6.07) is 52.1.